The van der Waals surface area contributed by atoms with E-state index in [1.807, 2.05) is 0 Å². The molecule has 1 fully saturated rings. The highest BCUT2D eigenvalue weighted by Gasteiger charge is 2.37. The van der Waals surface area contributed by atoms with Crippen LogP contribution in [0.1, 0.15) is 111 Å². The third kappa shape index (κ3) is 11.1. The summed E-state index contributed by atoms with van der Waals surface area (Å²) in [6.45, 7) is 7.64. The molecule has 0 heterocycles. The number of hydrogen-bond donors (Lipinski definition) is 0. The molecule has 0 aromatic carbocycles. The van der Waals surface area contributed by atoms with Crippen LogP contribution in [0.3, 0.4) is 0 Å². The average molecular weight is 397 g/mol. The van der Waals surface area contributed by atoms with E-state index in [0.29, 0.717) is 13.2 Å². The SMILES string of the molecule is CCCCCOC(=O)C1CCCCC1C(=O)OCCCCCCCCC(C)C. The number of rotatable bonds is 15. The number of unbranched alkanes of at least 4 members (excludes halogenated alkanes) is 7. The second kappa shape index (κ2) is 15.8. The van der Waals surface area contributed by atoms with Gasteiger partial charge < -0.3 is 9.47 Å². The molecule has 164 valence electrons. The van der Waals surface area contributed by atoms with E-state index in [0.717, 1.165) is 63.7 Å². The number of carbonyl (C=O) groups is 2. The summed E-state index contributed by atoms with van der Waals surface area (Å²) in [5.74, 6) is -0.185. The van der Waals surface area contributed by atoms with E-state index in [9.17, 15) is 9.59 Å². The Bertz CT molecular complexity index is 419. The van der Waals surface area contributed by atoms with Crippen LogP contribution in [0.2, 0.25) is 0 Å². The molecule has 1 aliphatic rings. The Kier molecular flexibility index (Phi) is 14.1. The van der Waals surface area contributed by atoms with Crippen LogP contribution < -0.4 is 0 Å². The Labute approximate surface area is 173 Å². The van der Waals surface area contributed by atoms with Crippen molar-refractivity contribution < 1.29 is 19.1 Å². The first-order valence-electron chi connectivity index (χ1n) is 11.9. The van der Waals surface area contributed by atoms with Gasteiger partial charge in [-0.15, -0.1) is 0 Å². The van der Waals surface area contributed by atoms with Gasteiger partial charge in [0.2, 0.25) is 0 Å². The van der Waals surface area contributed by atoms with Crippen molar-refractivity contribution in [2.75, 3.05) is 13.2 Å². The second-order valence-electron chi connectivity index (χ2n) is 8.84. The lowest BCUT2D eigenvalue weighted by molar-refractivity contribution is -0.163. The van der Waals surface area contributed by atoms with Crippen LogP contribution in [0.5, 0.6) is 0 Å². The molecule has 0 aromatic heterocycles. The quantitative estimate of drug-likeness (QED) is 0.235. The van der Waals surface area contributed by atoms with Crippen LogP contribution in [0.15, 0.2) is 0 Å². The maximum Gasteiger partial charge on any atom is 0.309 e. The minimum atomic E-state index is -0.302. The molecule has 4 nitrogen and oxygen atoms in total. The highest BCUT2D eigenvalue weighted by Crippen LogP contribution is 2.32. The van der Waals surface area contributed by atoms with Crippen LogP contribution >= 0.6 is 0 Å². The van der Waals surface area contributed by atoms with Gasteiger partial charge in [0.1, 0.15) is 0 Å². The summed E-state index contributed by atoms with van der Waals surface area (Å²) in [7, 11) is 0. The third-order valence-corrected chi connectivity index (χ3v) is 5.78. The van der Waals surface area contributed by atoms with Crippen LogP contribution in [0, 0.1) is 17.8 Å². The topological polar surface area (TPSA) is 52.6 Å². The minimum absolute atomic E-state index is 0.188. The summed E-state index contributed by atoms with van der Waals surface area (Å²) in [6, 6.07) is 0. The maximum absolute atomic E-state index is 12.5. The number of ether oxygens (including phenoxy) is 2. The lowest BCUT2D eigenvalue weighted by Gasteiger charge is -2.28. The van der Waals surface area contributed by atoms with Gasteiger partial charge in [0, 0.05) is 0 Å². The van der Waals surface area contributed by atoms with Gasteiger partial charge in [-0.25, -0.2) is 0 Å². The zero-order valence-electron chi connectivity index (χ0n) is 18.7. The first-order valence-corrected chi connectivity index (χ1v) is 11.9. The van der Waals surface area contributed by atoms with Gasteiger partial charge in [-0.3, -0.25) is 9.59 Å². The molecule has 4 heteroatoms. The molecule has 0 aliphatic heterocycles. The van der Waals surface area contributed by atoms with Crippen molar-refractivity contribution in [1.29, 1.82) is 0 Å². The molecule has 0 amide bonds. The highest BCUT2D eigenvalue weighted by atomic mass is 16.5. The first kappa shape index (κ1) is 25.0. The summed E-state index contributed by atoms with van der Waals surface area (Å²) >= 11 is 0. The first-order chi connectivity index (χ1) is 13.6. The average Bonchev–Trinajstić information content (AvgIpc) is 2.69. The zero-order chi connectivity index (χ0) is 20.6. The van der Waals surface area contributed by atoms with Gasteiger partial charge in [0.05, 0.1) is 25.0 Å². The smallest absolute Gasteiger partial charge is 0.309 e. The van der Waals surface area contributed by atoms with Gasteiger partial charge in [0.15, 0.2) is 0 Å². The summed E-state index contributed by atoms with van der Waals surface area (Å²) < 4.78 is 10.9. The van der Waals surface area contributed by atoms with E-state index < -0.39 is 0 Å². The van der Waals surface area contributed by atoms with Crippen molar-refractivity contribution in [1.82, 2.24) is 0 Å². The summed E-state index contributed by atoms with van der Waals surface area (Å²) in [4.78, 5) is 24.9. The Morgan fingerprint density at radius 3 is 1.71 bits per heavy atom. The van der Waals surface area contributed by atoms with Crippen molar-refractivity contribution in [3.63, 3.8) is 0 Å². The van der Waals surface area contributed by atoms with Gasteiger partial charge in [-0.1, -0.05) is 85.0 Å². The van der Waals surface area contributed by atoms with Crippen molar-refractivity contribution in [3.05, 3.63) is 0 Å². The predicted octanol–water partition coefficient (Wildman–Crippen LogP) is 6.46. The van der Waals surface area contributed by atoms with Crippen molar-refractivity contribution in [3.8, 4) is 0 Å². The van der Waals surface area contributed by atoms with Crippen LogP contribution in [-0.2, 0) is 19.1 Å². The molecule has 1 aliphatic carbocycles. The fraction of sp³-hybridized carbons (Fsp3) is 0.917. The maximum atomic E-state index is 12.5. The molecule has 1 rings (SSSR count). The van der Waals surface area contributed by atoms with Crippen LogP contribution in [0.25, 0.3) is 0 Å². The molecule has 1 saturated carbocycles. The molecule has 0 saturated heterocycles. The molecule has 0 aromatic rings. The molecule has 28 heavy (non-hydrogen) atoms. The minimum Gasteiger partial charge on any atom is -0.465 e. The van der Waals surface area contributed by atoms with Crippen LogP contribution in [-0.4, -0.2) is 25.2 Å². The van der Waals surface area contributed by atoms with E-state index in [-0.39, 0.29) is 23.8 Å². The second-order valence-corrected chi connectivity index (χ2v) is 8.84. The number of carbonyl (C=O) groups excluding carboxylic acids is 2. The molecule has 2 atom stereocenters. The van der Waals surface area contributed by atoms with E-state index in [4.69, 9.17) is 9.47 Å². The number of hydrogen-bond acceptors (Lipinski definition) is 4. The zero-order valence-corrected chi connectivity index (χ0v) is 18.7. The summed E-state index contributed by atoms with van der Waals surface area (Å²) in [5, 5.41) is 0. The Morgan fingerprint density at radius 2 is 1.21 bits per heavy atom. The van der Waals surface area contributed by atoms with Crippen molar-refractivity contribution >= 4 is 11.9 Å². The molecule has 0 N–H and O–H groups in total. The van der Waals surface area contributed by atoms with Gasteiger partial charge in [-0.2, -0.15) is 0 Å². The monoisotopic (exact) mass is 396 g/mol. The Hall–Kier alpha value is -1.06. The van der Waals surface area contributed by atoms with Crippen molar-refractivity contribution in [2.45, 2.75) is 111 Å². The predicted molar refractivity (Wildman–Crippen MR) is 114 cm³/mol. The molecular weight excluding hydrogens is 352 g/mol. The van der Waals surface area contributed by atoms with E-state index in [2.05, 4.69) is 20.8 Å². The Balaban J connectivity index is 2.19. The lowest BCUT2D eigenvalue weighted by Crippen LogP contribution is -2.35. The Morgan fingerprint density at radius 1 is 0.750 bits per heavy atom. The van der Waals surface area contributed by atoms with Gasteiger partial charge in [-0.05, 0) is 31.6 Å². The standard InChI is InChI=1S/C24H44O4/c1-4-5-13-18-27-23(25)21-16-11-12-17-22(21)24(26)28-19-14-9-7-6-8-10-15-20(2)3/h20-22H,4-19H2,1-3H3. The fourth-order valence-electron chi connectivity index (χ4n) is 3.97. The normalized spacial score (nSPS) is 19.6. The summed E-state index contributed by atoms with van der Waals surface area (Å²) in [5.41, 5.74) is 0. The molecule has 2 unspecified atom stereocenters. The largest absolute Gasteiger partial charge is 0.465 e. The van der Waals surface area contributed by atoms with Crippen LogP contribution in [0.4, 0.5) is 0 Å². The van der Waals surface area contributed by atoms with Crippen molar-refractivity contribution in [2.24, 2.45) is 17.8 Å². The highest BCUT2D eigenvalue weighted by molar-refractivity contribution is 5.82. The lowest BCUT2D eigenvalue weighted by atomic mass is 9.79. The molecule has 0 bridgehead atoms. The van der Waals surface area contributed by atoms with E-state index in [1.54, 1.807) is 0 Å². The molecular formula is C24H44O4. The molecule has 0 radical (unpaired) electrons. The third-order valence-electron chi connectivity index (χ3n) is 5.78. The van der Waals surface area contributed by atoms with E-state index >= 15 is 0 Å². The molecule has 0 spiro atoms. The van der Waals surface area contributed by atoms with Gasteiger partial charge >= 0.3 is 11.9 Å². The number of esters is 2. The fourth-order valence-corrected chi connectivity index (χ4v) is 3.97. The summed E-state index contributed by atoms with van der Waals surface area (Å²) in [6.07, 6.45) is 15.1. The van der Waals surface area contributed by atoms with E-state index in [1.165, 1.54) is 32.1 Å². The van der Waals surface area contributed by atoms with Gasteiger partial charge in [0.25, 0.3) is 0 Å².